The van der Waals surface area contributed by atoms with Crippen LogP contribution in [0.1, 0.15) is 38.2 Å². The molecule has 0 aliphatic heterocycles. The fraction of sp³-hybridized carbons (Fsp3) is 0.625. The van der Waals surface area contributed by atoms with Crippen molar-refractivity contribution in [2.45, 2.75) is 51.4 Å². The molecule has 0 aromatic heterocycles. The van der Waals surface area contributed by atoms with Gasteiger partial charge in [0.1, 0.15) is 0 Å². The number of nitrogens with one attached hydrogen (secondary N) is 1. The highest BCUT2D eigenvalue weighted by Gasteiger charge is 2.45. The zero-order chi connectivity index (χ0) is 15.3. The highest BCUT2D eigenvalue weighted by molar-refractivity contribution is 5.51. The Kier molecular flexibility index (Phi) is 5.51. The first kappa shape index (κ1) is 16.1. The molecule has 21 heavy (non-hydrogen) atoms. The number of rotatable bonds is 5. The molecule has 1 N–H and O–H groups in total. The minimum Gasteiger partial charge on any atom is -0.381 e. The van der Waals surface area contributed by atoms with Crippen molar-refractivity contribution in [1.29, 1.82) is 0 Å². The summed E-state index contributed by atoms with van der Waals surface area (Å²) >= 11 is 0. The molecule has 2 nitrogen and oxygen atoms in total. The van der Waals surface area contributed by atoms with Crippen molar-refractivity contribution in [3.8, 4) is 0 Å². The third-order valence-corrected chi connectivity index (χ3v) is 4.01. The molecule has 0 amide bonds. The molecule has 1 aromatic carbocycles. The fourth-order valence-electron chi connectivity index (χ4n) is 2.89. The second-order valence-electron chi connectivity index (χ2n) is 5.48. The van der Waals surface area contributed by atoms with Gasteiger partial charge in [0, 0.05) is 23.9 Å². The first-order chi connectivity index (χ1) is 10.0. The topological polar surface area (TPSA) is 21.3 Å². The Morgan fingerprint density at radius 3 is 2.62 bits per heavy atom. The summed E-state index contributed by atoms with van der Waals surface area (Å²) in [6.07, 6.45) is -1.85. The first-order valence-electron chi connectivity index (χ1n) is 7.51. The summed E-state index contributed by atoms with van der Waals surface area (Å²) in [5.41, 5.74) is 1.66. The van der Waals surface area contributed by atoms with Gasteiger partial charge in [-0.05, 0) is 25.8 Å². The van der Waals surface area contributed by atoms with Crippen LogP contribution in [0.2, 0.25) is 0 Å². The van der Waals surface area contributed by atoms with Crippen molar-refractivity contribution in [1.82, 2.24) is 0 Å². The molecular formula is C16H22F3NO. The Bertz CT molecular complexity index is 447. The molecule has 1 saturated carbocycles. The van der Waals surface area contributed by atoms with E-state index in [2.05, 4.69) is 5.32 Å². The van der Waals surface area contributed by atoms with Crippen molar-refractivity contribution in [3.05, 3.63) is 29.8 Å². The van der Waals surface area contributed by atoms with Crippen LogP contribution in [0.4, 0.5) is 18.9 Å². The van der Waals surface area contributed by atoms with Gasteiger partial charge in [-0.15, -0.1) is 0 Å². The largest absolute Gasteiger partial charge is 0.393 e. The number of hydrogen-bond donors (Lipinski definition) is 1. The summed E-state index contributed by atoms with van der Waals surface area (Å²) in [6.45, 7) is 2.91. The van der Waals surface area contributed by atoms with Crippen LogP contribution in [0.25, 0.3) is 0 Å². The molecule has 1 fully saturated rings. The minimum absolute atomic E-state index is 0.217. The van der Waals surface area contributed by atoms with Crippen molar-refractivity contribution in [2.75, 3.05) is 11.9 Å². The van der Waals surface area contributed by atoms with Gasteiger partial charge >= 0.3 is 6.18 Å². The van der Waals surface area contributed by atoms with Gasteiger partial charge in [0.25, 0.3) is 0 Å². The zero-order valence-electron chi connectivity index (χ0n) is 12.2. The average Bonchev–Trinajstić information content (AvgIpc) is 2.46. The van der Waals surface area contributed by atoms with Crippen LogP contribution < -0.4 is 5.32 Å². The number of anilines is 1. The maximum Gasteiger partial charge on any atom is 0.393 e. The van der Waals surface area contributed by atoms with Gasteiger partial charge in [0.15, 0.2) is 0 Å². The zero-order valence-corrected chi connectivity index (χ0v) is 12.2. The number of benzene rings is 1. The van der Waals surface area contributed by atoms with Crippen LogP contribution in [0, 0.1) is 5.92 Å². The lowest BCUT2D eigenvalue weighted by molar-refractivity contribution is -0.184. The molecule has 0 heterocycles. The Labute approximate surface area is 123 Å². The van der Waals surface area contributed by atoms with E-state index >= 15 is 0 Å². The molecule has 2 rings (SSSR count). The molecular weight excluding hydrogens is 279 g/mol. The third-order valence-electron chi connectivity index (χ3n) is 4.01. The summed E-state index contributed by atoms with van der Waals surface area (Å²) in [5, 5.41) is 3.11. The van der Waals surface area contributed by atoms with Crippen LogP contribution in [0.15, 0.2) is 24.3 Å². The van der Waals surface area contributed by atoms with Gasteiger partial charge in [0.2, 0.25) is 0 Å². The average molecular weight is 301 g/mol. The van der Waals surface area contributed by atoms with E-state index in [0.717, 1.165) is 17.7 Å². The van der Waals surface area contributed by atoms with E-state index in [9.17, 15) is 13.2 Å². The van der Waals surface area contributed by atoms with Crippen LogP contribution >= 0.6 is 0 Å². The second-order valence-corrected chi connectivity index (χ2v) is 5.48. The van der Waals surface area contributed by atoms with E-state index in [-0.39, 0.29) is 6.42 Å². The van der Waals surface area contributed by atoms with Crippen LogP contribution in [0.5, 0.6) is 0 Å². The van der Waals surface area contributed by atoms with E-state index < -0.39 is 18.1 Å². The Hall–Kier alpha value is -1.23. The molecule has 1 aliphatic rings. The molecule has 0 radical (unpaired) electrons. The predicted octanol–water partition coefficient (Wildman–Crippen LogP) is 4.76. The maximum atomic E-state index is 13.1. The third kappa shape index (κ3) is 4.37. The number of ether oxygens (including phenoxy) is 1. The van der Waals surface area contributed by atoms with Crippen molar-refractivity contribution >= 4 is 5.69 Å². The van der Waals surface area contributed by atoms with Gasteiger partial charge in [-0.1, -0.05) is 31.0 Å². The number of para-hydroxylation sites is 1. The van der Waals surface area contributed by atoms with Crippen molar-refractivity contribution in [3.63, 3.8) is 0 Å². The molecule has 2 atom stereocenters. The lowest BCUT2D eigenvalue weighted by Gasteiger charge is -2.34. The molecule has 0 bridgehead atoms. The molecule has 118 valence electrons. The van der Waals surface area contributed by atoms with Crippen molar-refractivity contribution in [2.24, 2.45) is 5.92 Å². The first-order valence-corrected chi connectivity index (χ1v) is 7.51. The van der Waals surface area contributed by atoms with Crippen molar-refractivity contribution < 1.29 is 17.9 Å². The molecule has 0 saturated heterocycles. The molecule has 1 aliphatic carbocycles. The fourth-order valence-corrected chi connectivity index (χ4v) is 2.89. The number of hydrogen-bond acceptors (Lipinski definition) is 2. The molecule has 2 unspecified atom stereocenters. The van der Waals surface area contributed by atoms with Gasteiger partial charge in [-0.25, -0.2) is 0 Å². The van der Waals surface area contributed by atoms with Gasteiger partial charge in [0.05, 0.1) is 12.5 Å². The Morgan fingerprint density at radius 2 is 1.90 bits per heavy atom. The van der Waals surface area contributed by atoms with Crippen LogP contribution in [-0.4, -0.2) is 18.8 Å². The summed E-state index contributed by atoms with van der Waals surface area (Å²) < 4.78 is 44.8. The standard InChI is InChI=1S/C16H22F3NO/c1-2-21-11-12-7-3-5-9-14(12)20-15-10-6-4-8-13(15)16(17,18)19/h3,5,7,9,13,15,20H,2,4,6,8,10-11H2,1H3. The van der Waals surface area contributed by atoms with Gasteiger partial charge in [-0.2, -0.15) is 13.2 Å². The summed E-state index contributed by atoms with van der Waals surface area (Å²) in [7, 11) is 0. The lowest BCUT2D eigenvalue weighted by atomic mass is 9.83. The van der Waals surface area contributed by atoms with E-state index in [1.165, 1.54) is 0 Å². The lowest BCUT2D eigenvalue weighted by Crippen LogP contribution is -2.41. The summed E-state index contributed by atoms with van der Waals surface area (Å²) in [4.78, 5) is 0. The summed E-state index contributed by atoms with van der Waals surface area (Å²) in [5.74, 6) is -1.26. The number of halogens is 3. The second kappa shape index (κ2) is 7.16. The van der Waals surface area contributed by atoms with Gasteiger partial charge < -0.3 is 10.1 Å². The monoisotopic (exact) mass is 301 g/mol. The SMILES string of the molecule is CCOCc1ccccc1NC1CCCCC1C(F)(F)F. The molecule has 5 heteroatoms. The molecule has 0 spiro atoms. The van der Waals surface area contributed by atoms with Crippen LogP contribution in [-0.2, 0) is 11.3 Å². The minimum atomic E-state index is -4.13. The van der Waals surface area contributed by atoms with E-state index in [4.69, 9.17) is 4.74 Å². The Balaban J connectivity index is 2.12. The van der Waals surface area contributed by atoms with E-state index in [1.807, 2.05) is 31.2 Å². The van der Waals surface area contributed by atoms with E-state index in [0.29, 0.717) is 26.1 Å². The van der Waals surface area contributed by atoms with E-state index in [1.54, 1.807) is 0 Å². The van der Waals surface area contributed by atoms with Gasteiger partial charge in [-0.3, -0.25) is 0 Å². The van der Waals surface area contributed by atoms with Crippen LogP contribution in [0.3, 0.4) is 0 Å². The Morgan fingerprint density at radius 1 is 1.19 bits per heavy atom. The normalized spacial score (nSPS) is 23.0. The smallest absolute Gasteiger partial charge is 0.381 e. The molecule has 1 aromatic rings. The number of alkyl halides is 3. The predicted molar refractivity (Wildman–Crippen MR) is 77.2 cm³/mol. The quantitative estimate of drug-likeness (QED) is 0.847. The summed E-state index contributed by atoms with van der Waals surface area (Å²) in [6, 6.07) is 6.89. The maximum absolute atomic E-state index is 13.1. The highest BCUT2D eigenvalue weighted by Crippen LogP contribution is 2.39. The highest BCUT2D eigenvalue weighted by atomic mass is 19.4.